The molecule has 2 aliphatic rings. The third-order valence-corrected chi connectivity index (χ3v) is 5.33. The van der Waals surface area contributed by atoms with Gasteiger partial charge in [0, 0.05) is 5.56 Å². The molecular weight excluding hydrogens is 352 g/mol. The minimum atomic E-state index is -2.03. The summed E-state index contributed by atoms with van der Waals surface area (Å²) in [6.45, 7) is 6.22. The summed E-state index contributed by atoms with van der Waals surface area (Å²) >= 11 is 0. The number of Topliss-reactive ketones (excluding diaryl/α,β-unsaturated/α-hetero) is 3. The third kappa shape index (κ3) is 2.34. The van der Waals surface area contributed by atoms with Crippen molar-refractivity contribution in [2.45, 2.75) is 39.7 Å². The molecule has 0 saturated heterocycles. The molecule has 0 amide bonds. The Hall–Kier alpha value is -2.96. The lowest BCUT2D eigenvalue weighted by Gasteiger charge is -2.37. The van der Waals surface area contributed by atoms with Gasteiger partial charge in [0.2, 0.25) is 5.78 Å². The number of hydrogen-bond acceptors (Lipinski definition) is 7. The monoisotopic (exact) mass is 372 g/mol. The standard InChI is InChI=1S/C20H20O7/c1-6-10-8(2)7-11-13(14(10)21)16(23)17-12(15(11)22)9(3)18(24)20(4,27-17)19(25)26-5/h7,9,21H,6H2,1-5H3. The van der Waals surface area contributed by atoms with Gasteiger partial charge < -0.3 is 14.6 Å². The van der Waals surface area contributed by atoms with Crippen LogP contribution >= 0.6 is 0 Å². The Labute approximate surface area is 156 Å². The molecule has 7 heteroatoms. The largest absolute Gasteiger partial charge is 0.507 e. The number of hydrogen-bond donors (Lipinski definition) is 1. The zero-order valence-corrected chi connectivity index (χ0v) is 15.8. The third-order valence-electron chi connectivity index (χ3n) is 5.33. The summed E-state index contributed by atoms with van der Waals surface area (Å²) in [5.41, 5.74) is -1.02. The average Bonchev–Trinajstić information content (AvgIpc) is 2.63. The average molecular weight is 372 g/mol. The molecule has 0 spiro atoms. The van der Waals surface area contributed by atoms with Gasteiger partial charge >= 0.3 is 5.97 Å². The van der Waals surface area contributed by atoms with Crippen LogP contribution in [0, 0.1) is 12.8 Å². The fourth-order valence-electron chi connectivity index (χ4n) is 3.81. The van der Waals surface area contributed by atoms with Gasteiger partial charge in [-0.3, -0.25) is 14.4 Å². The molecule has 2 unspecified atom stereocenters. The number of carbonyl (C=O) groups excluding carboxylic acids is 4. The molecule has 1 aromatic carbocycles. The summed E-state index contributed by atoms with van der Waals surface area (Å²) in [6.07, 6.45) is 0.466. The first kappa shape index (κ1) is 18.8. The van der Waals surface area contributed by atoms with Crippen molar-refractivity contribution in [3.63, 3.8) is 0 Å². The first-order chi connectivity index (χ1) is 12.6. The number of esters is 1. The quantitative estimate of drug-likeness (QED) is 0.625. The molecule has 3 rings (SSSR count). The van der Waals surface area contributed by atoms with Gasteiger partial charge in [-0.2, -0.15) is 0 Å². The lowest BCUT2D eigenvalue weighted by Crippen LogP contribution is -2.54. The van der Waals surface area contributed by atoms with Crippen molar-refractivity contribution in [3.05, 3.63) is 39.7 Å². The van der Waals surface area contributed by atoms with E-state index in [1.807, 2.05) is 6.92 Å². The summed E-state index contributed by atoms with van der Waals surface area (Å²) in [5, 5.41) is 10.6. The predicted octanol–water partition coefficient (Wildman–Crippen LogP) is 2.06. The smallest absolute Gasteiger partial charge is 0.357 e. The van der Waals surface area contributed by atoms with Gasteiger partial charge in [-0.05, 0) is 37.5 Å². The highest BCUT2D eigenvalue weighted by Gasteiger charge is 2.56. The lowest BCUT2D eigenvalue weighted by atomic mass is 9.74. The van der Waals surface area contributed by atoms with Crippen molar-refractivity contribution in [2.24, 2.45) is 5.92 Å². The fourth-order valence-corrected chi connectivity index (χ4v) is 3.81. The Kier molecular flexibility index (Phi) is 4.21. The molecular formula is C20H20O7. The van der Waals surface area contributed by atoms with E-state index in [2.05, 4.69) is 4.74 Å². The Balaban J connectivity index is 2.26. The lowest BCUT2D eigenvalue weighted by molar-refractivity contribution is -0.170. The number of fused-ring (bicyclic) bond motifs is 1. The second-order valence-electron chi connectivity index (χ2n) is 6.91. The number of benzene rings is 1. The maximum absolute atomic E-state index is 13.1. The number of aryl methyl sites for hydroxylation is 1. The van der Waals surface area contributed by atoms with E-state index in [1.165, 1.54) is 13.8 Å². The van der Waals surface area contributed by atoms with Crippen LogP contribution in [0.15, 0.2) is 17.4 Å². The second kappa shape index (κ2) is 6.04. The van der Waals surface area contributed by atoms with E-state index < -0.39 is 34.8 Å². The number of phenolic OH excluding ortho intramolecular Hbond substituents is 1. The van der Waals surface area contributed by atoms with E-state index in [0.29, 0.717) is 17.5 Å². The maximum atomic E-state index is 13.1. The minimum Gasteiger partial charge on any atom is -0.507 e. The molecule has 27 heavy (non-hydrogen) atoms. The first-order valence-corrected chi connectivity index (χ1v) is 8.60. The molecule has 0 radical (unpaired) electrons. The Bertz CT molecular complexity index is 954. The van der Waals surface area contributed by atoms with Crippen LogP contribution in [0.3, 0.4) is 0 Å². The molecule has 1 aliphatic carbocycles. The number of carbonyl (C=O) groups is 4. The number of ether oxygens (including phenoxy) is 2. The Morgan fingerprint density at radius 2 is 1.93 bits per heavy atom. The minimum absolute atomic E-state index is 0.0378. The summed E-state index contributed by atoms with van der Waals surface area (Å²) in [6, 6.07) is 1.54. The molecule has 1 N–H and O–H groups in total. The molecule has 142 valence electrons. The van der Waals surface area contributed by atoms with Crippen LogP contribution in [-0.4, -0.2) is 41.1 Å². The highest BCUT2D eigenvalue weighted by atomic mass is 16.6. The van der Waals surface area contributed by atoms with Crippen molar-refractivity contribution >= 4 is 23.3 Å². The van der Waals surface area contributed by atoms with Crippen LogP contribution in [0.5, 0.6) is 5.75 Å². The molecule has 1 aliphatic heterocycles. The Morgan fingerprint density at radius 1 is 1.30 bits per heavy atom. The zero-order valence-electron chi connectivity index (χ0n) is 15.8. The van der Waals surface area contributed by atoms with E-state index in [4.69, 9.17) is 4.74 Å². The molecule has 0 aromatic heterocycles. The number of phenols is 1. The summed E-state index contributed by atoms with van der Waals surface area (Å²) < 4.78 is 10.1. The highest BCUT2D eigenvalue weighted by molar-refractivity contribution is 6.30. The number of allylic oxidation sites excluding steroid dienone is 2. The number of rotatable bonds is 2. The van der Waals surface area contributed by atoms with Crippen LogP contribution in [0.4, 0.5) is 0 Å². The topological polar surface area (TPSA) is 107 Å². The molecule has 7 nitrogen and oxygen atoms in total. The van der Waals surface area contributed by atoms with E-state index >= 15 is 0 Å². The summed E-state index contributed by atoms with van der Waals surface area (Å²) in [4.78, 5) is 51.0. The van der Waals surface area contributed by atoms with Crippen molar-refractivity contribution in [1.82, 2.24) is 0 Å². The van der Waals surface area contributed by atoms with Crippen LogP contribution in [0.25, 0.3) is 0 Å². The molecule has 1 aromatic rings. The van der Waals surface area contributed by atoms with Gasteiger partial charge in [0.1, 0.15) is 5.75 Å². The van der Waals surface area contributed by atoms with Crippen LogP contribution in [0.2, 0.25) is 0 Å². The maximum Gasteiger partial charge on any atom is 0.357 e. The van der Waals surface area contributed by atoms with Gasteiger partial charge in [0.05, 0.1) is 24.2 Å². The SMILES string of the molecule is CCc1c(C)cc2c(c1O)C(=O)C1=C(C2=O)C(C)C(=O)C(C)(C(=O)OC)O1. The van der Waals surface area contributed by atoms with E-state index in [9.17, 15) is 24.3 Å². The van der Waals surface area contributed by atoms with Crippen molar-refractivity contribution < 1.29 is 33.8 Å². The van der Waals surface area contributed by atoms with E-state index in [1.54, 1.807) is 13.0 Å². The number of ketones is 3. The van der Waals surface area contributed by atoms with Crippen LogP contribution in [-0.2, 0) is 25.5 Å². The van der Waals surface area contributed by atoms with E-state index in [0.717, 1.165) is 7.11 Å². The fraction of sp³-hybridized carbons (Fsp3) is 0.400. The summed E-state index contributed by atoms with van der Waals surface area (Å²) in [5.74, 6) is -4.59. The van der Waals surface area contributed by atoms with Gasteiger partial charge in [0.15, 0.2) is 17.3 Å². The second-order valence-corrected chi connectivity index (χ2v) is 6.91. The normalized spacial score (nSPS) is 24.3. The van der Waals surface area contributed by atoms with Gasteiger partial charge in [-0.15, -0.1) is 0 Å². The molecule has 0 bridgehead atoms. The first-order valence-electron chi connectivity index (χ1n) is 8.60. The molecule has 0 fully saturated rings. The molecule has 1 heterocycles. The highest BCUT2D eigenvalue weighted by Crippen LogP contribution is 2.43. The summed E-state index contributed by atoms with van der Waals surface area (Å²) in [7, 11) is 1.10. The van der Waals surface area contributed by atoms with E-state index in [-0.39, 0.29) is 28.2 Å². The van der Waals surface area contributed by atoms with Gasteiger partial charge in [-0.1, -0.05) is 13.8 Å². The van der Waals surface area contributed by atoms with Crippen molar-refractivity contribution in [2.75, 3.05) is 7.11 Å². The number of aromatic hydroxyl groups is 1. The van der Waals surface area contributed by atoms with Gasteiger partial charge in [0.25, 0.3) is 5.60 Å². The molecule has 2 atom stereocenters. The Morgan fingerprint density at radius 3 is 2.48 bits per heavy atom. The molecule has 0 saturated carbocycles. The zero-order chi connectivity index (χ0) is 20.3. The van der Waals surface area contributed by atoms with Crippen LogP contribution < -0.4 is 0 Å². The predicted molar refractivity (Wildman–Crippen MR) is 93.6 cm³/mol. The van der Waals surface area contributed by atoms with Crippen molar-refractivity contribution in [1.29, 1.82) is 0 Å². The van der Waals surface area contributed by atoms with Crippen molar-refractivity contribution in [3.8, 4) is 5.75 Å². The van der Waals surface area contributed by atoms with Crippen LogP contribution in [0.1, 0.15) is 52.6 Å². The van der Waals surface area contributed by atoms with Gasteiger partial charge in [-0.25, -0.2) is 4.79 Å². The number of methoxy groups -OCH3 is 1.